The molecule has 1 heterocycles. The van der Waals surface area contributed by atoms with Gasteiger partial charge in [0.05, 0.1) is 26.7 Å². The Hall–Kier alpha value is -2.99. The van der Waals surface area contributed by atoms with Gasteiger partial charge in [-0.3, -0.25) is 0 Å². The van der Waals surface area contributed by atoms with Crippen LogP contribution in [0.3, 0.4) is 0 Å². The average Bonchev–Trinajstić information content (AvgIpc) is 2.66. The zero-order chi connectivity index (χ0) is 19.8. The summed E-state index contributed by atoms with van der Waals surface area (Å²) in [5, 5.41) is 11.4. The molecule has 0 unspecified atom stereocenters. The molecule has 27 heavy (non-hydrogen) atoms. The van der Waals surface area contributed by atoms with Gasteiger partial charge >= 0.3 is 5.63 Å². The van der Waals surface area contributed by atoms with Crippen molar-refractivity contribution in [1.82, 2.24) is 0 Å². The molecule has 0 spiro atoms. The number of benzene rings is 2. The monoisotopic (exact) mass is 370 g/mol. The summed E-state index contributed by atoms with van der Waals surface area (Å²) in [4.78, 5) is 12.7. The normalized spacial score (nSPS) is 11.5. The quantitative estimate of drug-likeness (QED) is 0.738. The van der Waals surface area contributed by atoms with Gasteiger partial charge in [0.25, 0.3) is 0 Å². The lowest BCUT2D eigenvalue weighted by Gasteiger charge is -2.23. The topological polar surface area (TPSA) is 78.1 Å². The fourth-order valence-corrected chi connectivity index (χ4v) is 3.19. The molecule has 6 heteroatoms. The zero-order valence-electron chi connectivity index (χ0n) is 16.0. The number of fused-ring (bicyclic) bond motifs is 1. The van der Waals surface area contributed by atoms with Crippen molar-refractivity contribution in [1.29, 1.82) is 0 Å². The standard InChI is InChI=1S/C21H22O6/c1-21(2,23)19-15(12-9-7-6-8-10-12)16-13(20(22)27-19)11-14(24-3)17(25-4)18(16)26-5/h6-11,23H,1-5H3. The van der Waals surface area contributed by atoms with E-state index in [1.54, 1.807) is 19.9 Å². The summed E-state index contributed by atoms with van der Waals surface area (Å²) in [6.07, 6.45) is 0. The van der Waals surface area contributed by atoms with Crippen LogP contribution in [-0.4, -0.2) is 26.4 Å². The molecule has 0 saturated carbocycles. The van der Waals surface area contributed by atoms with Crippen molar-refractivity contribution in [2.24, 2.45) is 0 Å². The Balaban J connectivity index is 2.63. The summed E-state index contributed by atoms with van der Waals surface area (Å²) >= 11 is 0. The summed E-state index contributed by atoms with van der Waals surface area (Å²) in [7, 11) is 4.47. The SMILES string of the molecule is COc1cc2c(=O)oc(C(C)(C)O)c(-c3ccccc3)c2c(OC)c1OC. The Morgan fingerprint density at radius 1 is 0.963 bits per heavy atom. The first-order valence-electron chi connectivity index (χ1n) is 8.41. The van der Waals surface area contributed by atoms with Crippen LogP contribution in [0.25, 0.3) is 21.9 Å². The number of methoxy groups -OCH3 is 3. The molecule has 0 aliphatic carbocycles. The van der Waals surface area contributed by atoms with Crippen molar-refractivity contribution in [3.05, 3.63) is 52.6 Å². The summed E-state index contributed by atoms with van der Waals surface area (Å²) in [5.41, 5.74) is -0.651. The highest BCUT2D eigenvalue weighted by molar-refractivity contribution is 6.03. The molecule has 2 aromatic carbocycles. The van der Waals surface area contributed by atoms with Gasteiger partial charge in [-0.1, -0.05) is 30.3 Å². The maximum Gasteiger partial charge on any atom is 0.344 e. The van der Waals surface area contributed by atoms with Crippen LogP contribution in [0.15, 0.2) is 45.6 Å². The number of ether oxygens (including phenoxy) is 3. The van der Waals surface area contributed by atoms with Gasteiger partial charge in [-0.15, -0.1) is 0 Å². The van der Waals surface area contributed by atoms with Crippen LogP contribution in [0.5, 0.6) is 17.2 Å². The van der Waals surface area contributed by atoms with Gasteiger partial charge in [-0.05, 0) is 25.5 Å². The lowest BCUT2D eigenvalue weighted by Crippen LogP contribution is -2.20. The molecule has 0 saturated heterocycles. The molecule has 0 amide bonds. The first kappa shape index (κ1) is 18.8. The van der Waals surface area contributed by atoms with E-state index in [2.05, 4.69) is 0 Å². The minimum atomic E-state index is -1.39. The third kappa shape index (κ3) is 3.13. The van der Waals surface area contributed by atoms with Gasteiger partial charge in [0.15, 0.2) is 11.5 Å². The van der Waals surface area contributed by atoms with E-state index in [9.17, 15) is 9.90 Å². The summed E-state index contributed by atoms with van der Waals surface area (Å²) in [6, 6.07) is 10.9. The van der Waals surface area contributed by atoms with Crippen LogP contribution in [0, 0.1) is 0 Å². The van der Waals surface area contributed by atoms with E-state index in [-0.39, 0.29) is 11.1 Å². The highest BCUT2D eigenvalue weighted by Crippen LogP contribution is 2.48. The molecule has 3 rings (SSSR count). The third-order valence-electron chi connectivity index (χ3n) is 4.34. The highest BCUT2D eigenvalue weighted by Gasteiger charge is 2.31. The van der Waals surface area contributed by atoms with Gasteiger partial charge in [-0.25, -0.2) is 4.79 Å². The van der Waals surface area contributed by atoms with E-state index in [0.717, 1.165) is 5.56 Å². The van der Waals surface area contributed by atoms with E-state index in [0.29, 0.717) is 28.2 Å². The number of hydrogen-bond acceptors (Lipinski definition) is 6. The highest BCUT2D eigenvalue weighted by atomic mass is 16.5. The second-order valence-electron chi connectivity index (χ2n) is 6.59. The van der Waals surface area contributed by atoms with E-state index in [1.807, 2.05) is 30.3 Å². The van der Waals surface area contributed by atoms with Crippen LogP contribution in [-0.2, 0) is 5.60 Å². The Kier molecular flexibility index (Phi) is 4.85. The second kappa shape index (κ2) is 6.96. The van der Waals surface area contributed by atoms with Crippen molar-refractivity contribution < 1.29 is 23.7 Å². The molecular weight excluding hydrogens is 348 g/mol. The van der Waals surface area contributed by atoms with Crippen LogP contribution in [0.1, 0.15) is 19.6 Å². The molecule has 0 fully saturated rings. The Bertz CT molecular complexity index is 1030. The predicted molar refractivity (Wildman–Crippen MR) is 103 cm³/mol. The average molecular weight is 370 g/mol. The maximum absolute atomic E-state index is 12.7. The zero-order valence-corrected chi connectivity index (χ0v) is 16.0. The van der Waals surface area contributed by atoms with Gasteiger partial charge in [0.1, 0.15) is 11.4 Å². The largest absolute Gasteiger partial charge is 0.493 e. The van der Waals surface area contributed by atoms with E-state index in [4.69, 9.17) is 18.6 Å². The predicted octanol–water partition coefficient (Wildman–Crippen LogP) is 3.71. The number of rotatable bonds is 5. The first-order valence-corrected chi connectivity index (χ1v) is 8.41. The number of hydrogen-bond donors (Lipinski definition) is 1. The van der Waals surface area contributed by atoms with Crippen LogP contribution < -0.4 is 19.8 Å². The summed E-state index contributed by atoms with van der Waals surface area (Å²) in [6.45, 7) is 3.13. The smallest absolute Gasteiger partial charge is 0.344 e. The van der Waals surface area contributed by atoms with Crippen molar-refractivity contribution in [3.63, 3.8) is 0 Å². The molecule has 0 bridgehead atoms. The first-order chi connectivity index (χ1) is 12.8. The Morgan fingerprint density at radius 3 is 2.11 bits per heavy atom. The maximum atomic E-state index is 12.7. The fraction of sp³-hybridized carbons (Fsp3) is 0.286. The Labute approximate surface area is 156 Å². The van der Waals surface area contributed by atoms with E-state index >= 15 is 0 Å². The van der Waals surface area contributed by atoms with Gasteiger partial charge < -0.3 is 23.7 Å². The third-order valence-corrected chi connectivity index (χ3v) is 4.34. The van der Waals surface area contributed by atoms with Crippen LogP contribution in [0.2, 0.25) is 0 Å². The van der Waals surface area contributed by atoms with Crippen LogP contribution in [0.4, 0.5) is 0 Å². The molecule has 3 aromatic rings. The summed E-state index contributed by atoms with van der Waals surface area (Å²) < 4.78 is 22.0. The molecule has 0 aliphatic heterocycles. The van der Waals surface area contributed by atoms with Gasteiger partial charge in [0.2, 0.25) is 5.75 Å². The van der Waals surface area contributed by atoms with Crippen molar-refractivity contribution in [2.75, 3.05) is 21.3 Å². The molecule has 0 aliphatic rings. The Morgan fingerprint density at radius 2 is 1.59 bits per heavy atom. The van der Waals surface area contributed by atoms with Gasteiger partial charge in [0, 0.05) is 10.9 Å². The molecule has 0 atom stereocenters. The van der Waals surface area contributed by atoms with Gasteiger partial charge in [-0.2, -0.15) is 0 Å². The van der Waals surface area contributed by atoms with E-state index < -0.39 is 11.2 Å². The molecule has 1 aromatic heterocycles. The van der Waals surface area contributed by atoms with E-state index in [1.165, 1.54) is 21.3 Å². The molecule has 0 radical (unpaired) electrons. The van der Waals surface area contributed by atoms with Crippen molar-refractivity contribution in [2.45, 2.75) is 19.4 Å². The second-order valence-corrected chi connectivity index (χ2v) is 6.59. The molecule has 1 N–H and O–H groups in total. The lowest BCUT2D eigenvalue weighted by molar-refractivity contribution is 0.0521. The molecule has 142 valence electrons. The fourth-order valence-electron chi connectivity index (χ4n) is 3.19. The summed E-state index contributed by atoms with van der Waals surface area (Å²) in [5.74, 6) is 1.20. The minimum Gasteiger partial charge on any atom is -0.493 e. The molecular formula is C21H22O6. The van der Waals surface area contributed by atoms with Crippen LogP contribution >= 0.6 is 0 Å². The van der Waals surface area contributed by atoms with Crippen molar-refractivity contribution in [3.8, 4) is 28.4 Å². The number of aliphatic hydroxyl groups is 1. The minimum absolute atomic E-state index is 0.150. The van der Waals surface area contributed by atoms with Crippen molar-refractivity contribution >= 4 is 10.8 Å². The molecule has 6 nitrogen and oxygen atoms in total. The lowest BCUT2D eigenvalue weighted by atomic mass is 9.91.